The second-order valence-corrected chi connectivity index (χ2v) is 3.14. The van der Waals surface area contributed by atoms with Crippen molar-refractivity contribution < 1.29 is 14.6 Å². The zero-order valence-corrected chi connectivity index (χ0v) is 6.04. The van der Waals surface area contributed by atoms with Crippen molar-refractivity contribution in [1.29, 1.82) is 0 Å². The average molecular weight is 144 g/mol. The summed E-state index contributed by atoms with van der Waals surface area (Å²) in [5, 5.41) is 9.36. The molecule has 0 amide bonds. The highest BCUT2D eigenvalue weighted by Crippen LogP contribution is 2.40. The molecule has 2 aliphatic rings. The Hall–Kier alpha value is -0.120. The predicted octanol–water partition coefficient (Wildman–Crippen LogP) is 0.130. The molecule has 3 atom stereocenters. The fourth-order valence-electron chi connectivity index (χ4n) is 1.82. The van der Waals surface area contributed by atoms with Crippen molar-refractivity contribution in [3.63, 3.8) is 0 Å². The van der Waals surface area contributed by atoms with E-state index in [2.05, 4.69) is 0 Å². The Morgan fingerprint density at radius 3 is 3.00 bits per heavy atom. The molecule has 2 heterocycles. The van der Waals surface area contributed by atoms with Gasteiger partial charge in [-0.1, -0.05) is 0 Å². The van der Waals surface area contributed by atoms with Crippen LogP contribution < -0.4 is 0 Å². The van der Waals surface area contributed by atoms with Crippen molar-refractivity contribution in [3.8, 4) is 0 Å². The maximum Gasteiger partial charge on any atom is 0.171 e. The molecule has 0 aliphatic carbocycles. The molecule has 0 bridgehead atoms. The Morgan fingerprint density at radius 1 is 1.50 bits per heavy atom. The minimum atomic E-state index is -0.473. The smallest absolute Gasteiger partial charge is 0.171 e. The topological polar surface area (TPSA) is 38.7 Å². The standard InChI is InChI=1S/C7H12O3/c1-7-5(2-3-9-7)6(8)4-10-7/h5-6,8H,2-4H2,1H3/t5-,6+,7+/m0/s1. The summed E-state index contributed by atoms with van der Waals surface area (Å²) in [6.45, 7) is 3.06. The predicted molar refractivity (Wildman–Crippen MR) is 34.4 cm³/mol. The molecule has 0 spiro atoms. The van der Waals surface area contributed by atoms with Crippen LogP contribution >= 0.6 is 0 Å². The van der Waals surface area contributed by atoms with E-state index in [4.69, 9.17) is 9.47 Å². The molecular weight excluding hydrogens is 132 g/mol. The van der Waals surface area contributed by atoms with Crippen LogP contribution in [0.15, 0.2) is 0 Å². The molecule has 2 rings (SSSR count). The van der Waals surface area contributed by atoms with Gasteiger partial charge in [0.15, 0.2) is 5.79 Å². The molecule has 0 aromatic rings. The molecule has 2 aliphatic heterocycles. The van der Waals surface area contributed by atoms with Crippen molar-refractivity contribution in [2.75, 3.05) is 13.2 Å². The van der Waals surface area contributed by atoms with E-state index in [1.54, 1.807) is 0 Å². The maximum atomic E-state index is 9.36. The largest absolute Gasteiger partial charge is 0.390 e. The molecule has 10 heavy (non-hydrogen) atoms. The maximum absolute atomic E-state index is 9.36. The van der Waals surface area contributed by atoms with Gasteiger partial charge in [-0.3, -0.25) is 0 Å². The van der Waals surface area contributed by atoms with Crippen LogP contribution in [0.25, 0.3) is 0 Å². The Balaban J connectivity index is 2.19. The van der Waals surface area contributed by atoms with Crippen molar-refractivity contribution in [2.45, 2.75) is 25.2 Å². The Kier molecular flexibility index (Phi) is 1.27. The van der Waals surface area contributed by atoms with E-state index < -0.39 is 5.79 Å². The van der Waals surface area contributed by atoms with Crippen molar-refractivity contribution >= 4 is 0 Å². The lowest BCUT2D eigenvalue weighted by Gasteiger charge is -2.21. The summed E-state index contributed by atoms with van der Waals surface area (Å²) in [6.07, 6.45) is 0.616. The summed E-state index contributed by atoms with van der Waals surface area (Å²) in [5.41, 5.74) is 0. The summed E-state index contributed by atoms with van der Waals surface area (Å²) >= 11 is 0. The quantitative estimate of drug-likeness (QED) is 0.525. The van der Waals surface area contributed by atoms with Crippen molar-refractivity contribution in [2.24, 2.45) is 5.92 Å². The number of aliphatic hydroxyl groups is 1. The highest BCUT2D eigenvalue weighted by atomic mass is 16.7. The molecule has 0 aromatic heterocycles. The zero-order chi connectivity index (χ0) is 7.19. The molecule has 0 unspecified atom stereocenters. The van der Waals surface area contributed by atoms with Crippen LogP contribution in [0.2, 0.25) is 0 Å². The SMILES string of the molecule is C[C@]12OCC[C@H]1[C@H](O)CO2. The molecule has 0 aromatic carbocycles. The van der Waals surface area contributed by atoms with E-state index in [1.807, 2.05) is 6.92 Å². The molecule has 3 heteroatoms. The number of aliphatic hydroxyl groups excluding tert-OH is 1. The Morgan fingerprint density at radius 2 is 2.30 bits per heavy atom. The highest BCUT2D eigenvalue weighted by Gasteiger charge is 2.50. The molecule has 1 N–H and O–H groups in total. The normalized spacial score (nSPS) is 53.4. The van der Waals surface area contributed by atoms with Crippen LogP contribution in [0.4, 0.5) is 0 Å². The third kappa shape index (κ3) is 0.713. The van der Waals surface area contributed by atoms with Crippen molar-refractivity contribution in [3.05, 3.63) is 0 Å². The fourth-order valence-corrected chi connectivity index (χ4v) is 1.82. The van der Waals surface area contributed by atoms with E-state index in [-0.39, 0.29) is 12.0 Å². The summed E-state index contributed by atoms with van der Waals surface area (Å²) < 4.78 is 10.7. The minimum Gasteiger partial charge on any atom is -0.390 e. The second kappa shape index (κ2) is 1.94. The average Bonchev–Trinajstić information content (AvgIpc) is 2.35. The van der Waals surface area contributed by atoms with Gasteiger partial charge >= 0.3 is 0 Å². The zero-order valence-electron chi connectivity index (χ0n) is 6.04. The summed E-state index contributed by atoms with van der Waals surface area (Å²) in [6, 6.07) is 0. The van der Waals surface area contributed by atoms with Crippen LogP contribution in [0.3, 0.4) is 0 Å². The second-order valence-electron chi connectivity index (χ2n) is 3.14. The van der Waals surface area contributed by atoms with Crippen LogP contribution in [-0.2, 0) is 9.47 Å². The fraction of sp³-hybridized carbons (Fsp3) is 1.00. The minimum absolute atomic E-state index is 0.201. The monoisotopic (exact) mass is 144 g/mol. The van der Waals surface area contributed by atoms with Crippen molar-refractivity contribution in [1.82, 2.24) is 0 Å². The molecule has 2 fully saturated rings. The van der Waals surface area contributed by atoms with Gasteiger partial charge in [0.1, 0.15) is 0 Å². The lowest BCUT2D eigenvalue weighted by Crippen LogP contribution is -2.30. The molecule has 0 saturated carbocycles. The van der Waals surface area contributed by atoms with Gasteiger partial charge in [0.2, 0.25) is 0 Å². The number of fused-ring (bicyclic) bond motifs is 1. The first kappa shape index (κ1) is 6.58. The first-order chi connectivity index (χ1) is 4.72. The van der Waals surface area contributed by atoms with Gasteiger partial charge < -0.3 is 14.6 Å². The van der Waals surface area contributed by atoms with Crippen LogP contribution in [0.5, 0.6) is 0 Å². The third-order valence-electron chi connectivity index (χ3n) is 2.50. The Labute approximate surface area is 59.9 Å². The molecule has 3 nitrogen and oxygen atoms in total. The molecule has 58 valence electrons. The van der Waals surface area contributed by atoms with E-state index in [9.17, 15) is 5.11 Å². The van der Waals surface area contributed by atoms with Gasteiger partial charge in [-0.2, -0.15) is 0 Å². The first-order valence-corrected chi connectivity index (χ1v) is 3.68. The van der Waals surface area contributed by atoms with E-state index in [0.717, 1.165) is 13.0 Å². The van der Waals surface area contributed by atoms with Gasteiger partial charge in [0.25, 0.3) is 0 Å². The van der Waals surface area contributed by atoms with E-state index in [1.165, 1.54) is 0 Å². The number of rotatable bonds is 0. The van der Waals surface area contributed by atoms with Gasteiger partial charge in [0, 0.05) is 5.92 Å². The van der Waals surface area contributed by atoms with Gasteiger partial charge in [-0.15, -0.1) is 0 Å². The first-order valence-electron chi connectivity index (χ1n) is 3.68. The molecular formula is C7H12O3. The molecule has 2 saturated heterocycles. The molecule has 0 radical (unpaired) electrons. The highest BCUT2D eigenvalue weighted by molar-refractivity contribution is 4.91. The number of ether oxygens (including phenoxy) is 2. The lowest BCUT2D eigenvalue weighted by atomic mass is 9.96. The lowest BCUT2D eigenvalue weighted by molar-refractivity contribution is -0.181. The van der Waals surface area contributed by atoms with Crippen LogP contribution in [-0.4, -0.2) is 30.2 Å². The van der Waals surface area contributed by atoms with Gasteiger partial charge in [-0.05, 0) is 13.3 Å². The van der Waals surface area contributed by atoms with Gasteiger partial charge in [0.05, 0.1) is 19.3 Å². The van der Waals surface area contributed by atoms with Crippen LogP contribution in [0.1, 0.15) is 13.3 Å². The summed E-state index contributed by atoms with van der Waals surface area (Å²) in [4.78, 5) is 0. The number of hydrogen-bond donors (Lipinski definition) is 1. The summed E-state index contributed by atoms with van der Waals surface area (Å²) in [7, 11) is 0. The summed E-state index contributed by atoms with van der Waals surface area (Å²) in [5.74, 6) is -0.271. The van der Waals surface area contributed by atoms with Gasteiger partial charge in [-0.25, -0.2) is 0 Å². The Bertz CT molecular complexity index is 148. The van der Waals surface area contributed by atoms with E-state index >= 15 is 0 Å². The number of hydrogen-bond acceptors (Lipinski definition) is 3. The third-order valence-corrected chi connectivity index (χ3v) is 2.50. The van der Waals surface area contributed by atoms with E-state index in [0.29, 0.717) is 6.61 Å². The van der Waals surface area contributed by atoms with Crippen LogP contribution in [0, 0.1) is 5.92 Å².